The van der Waals surface area contributed by atoms with Crippen LogP contribution in [0.5, 0.6) is 0 Å². The summed E-state index contributed by atoms with van der Waals surface area (Å²) in [5, 5.41) is 9.69. The highest BCUT2D eigenvalue weighted by atomic mass is 16.5. The van der Waals surface area contributed by atoms with Gasteiger partial charge in [-0.05, 0) is 36.5 Å². The number of ether oxygens (including phenoxy) is 1. The van der Waals surface area contributed by atoms with Gasteiger partial charge in [0.2, 0.25) is 11.8 Å². The average molecular weight is 368 g/mol. The summed E-state index contributed by atoms with van der Waals surface area (Å²) in [6.45, 7) is 2.31. The highest BCUT2D eigenvalue weighted by Gasteiger charge is 2.59. The minimum absolute atomic E-state index is 0.105. The number of fused-ring (bicyclic) bond motifs is 5. The summed E-state index contributed by atoms with van der Waals surface area (Å²) in [5.74, 6) is -1.78. The van der Waals surface area contributed by atoms with Gasteiger partial charge in [0.15, 0.2) is 0 Å². The first-order valence-corrected chi connectivity index (χ1v) is 9.32. The number of carbonyl (C=O) groups excluding carboxylic acids is 2. The van der Waals surface area contributed by atoms with E-state index < -0.39 is 5.97 Å². The molecule has 0 unspecified atom stereocenters. The fourth-order valence-electron chi connectivity index (χ4n) is 5.07. The van der Waals surface area contributed by atoms with E-state index in [1.807, 2.05) is 17.1 Å². The SMILES string of the molecule is O=C(O)c1cc(N2C(=O)[C@@H]3[C@H](C2=O)[C@H]2C=C[C@@H]3C2)ccc1N1CCOCC1. The molecule has 140 valence electrons. The maximum atomic E-state index is 13.0. The van der Waals surface area contributed by atoms with Crippen LogP contribution in [0.1, 0.15) is 16.8 Å². The number of carboxylic acids is 1. The lowest BCUT2D eigenvalue weighted by Crippen LogP contribution is -2.37. The van der Waals surface area contributed by atoms with Gasteiger partial charge in [-0.15, -0.1) is 0 Å². The molecule has 4 aliphatic rings. The molecule has 7 heteroatoms. The van der Waals surface area contributed by atoms with Crippen LogP contribution in [0.25, 0.3) is 0 Å². The minimum atomic E-state index is -1.07. The second-order valence-corrected chi connectivity index (χ2v) is 7.62. The van der Waals surface area contributed by atoms with E-state index in [0.717, 1.165) is 6.42 Å². The van der Waals surface area contributed by atoms with Gasteiger partial charge in [0.25, 0.3) is 0 Å². The standard InChI is InChI=1S/C20H20N2O5/c23-18-16-11-1-2-12(9-11)17(16)19(24)22(18)13-3-4-15(14(10-13)20(25)26)21-5-7-27-8-6-21/h1-4,10-12,16-17H,5-9H2,(H,25,26)/t11-,12+,16+,17-. The Morgan fingerprint density at radius 2 is 1.67 bits per heavy atom. The first-order valence-electron chi connectivity index (χ1n) is 9.32. The number of hydrogen-bond acceptors (Lipinski definition) is 5. The molecule has 1 aromatic carbocycles. The third-order valence-corrected chi connectivity index (χ3v) is 6.29. The predicted molar refractivity (Wildman–Crippen MR) is 96.6 cm³/mol. The summed E-state index contributed by atoms with van der Waals surface area (Å²) >= 11 is 0. The summed E-state index contributed by atoms with van der Waals surface area (Å²) in [5.41, 5.74) is 1.05. The number of hydrogen-bond donors (Lipinski definition) is 1. The highest BCUT2D eigenvalue weighted by Crippen LogP contribution is 2.53. The predicted octanol–water partition coefficient (Wildman–Crippen LogP) is 1.53. The number of morpholine rings is 1. The Bertz CT molecular complexity index is 843. The van der Waals surface area contributed by atoms with Gasteiger partial charge in [0.05, 0.1) is 42.0 Å². The summed E-state index contributed by atoms with van der Waals surface area (Å²) in [6.07, 6.45) is 4.96. The normalized spacial score (nSPS) is 31.7. The van der Waals surface area contributed by atoms with Crippen LogP contribution < -0.4 is 9.80 Å². The molecule has 3 fully saturated rings. The van der Waals surface area contributed by atoms with Crippen LogP contribution in [0.3, 0.4) is 0 Å². The Morgan fingerprint density at radius 3 is 2.26 bits per heavy atom. The monoisotopic (exact) mass is 368 g/mol. The van der Waals surface area contributed by atoms with Crippen molar-refractivity contribution in [2.75, 3.05) is 36.1 Å². The van der Waals surface area contributed by atoms with E-state index in [-0.39, 0.29) is 41.0 Å². The van der Waals surface area contributed by atoms with Crippen LogP contribution in [-0.4, -0.2) is 49.2 Å². The van der Waals surface area contributed by atoms with Gasteiger partial charge < -0.3 is 14.7 Å². The number of anilines is 2. The fraction of sp³-hybridized carbons (Fsp3) is 0.450. The Hall–Kier alpha value is -2.67. The van der Waals surface area contributed by atoms with Crippen molar-refractivity contribution >= 4 is 29.2 Å². The van der Waals surface area contributed by atoms with E-state index in [0.29, 0.717) is 37.7 Å². The highest BCUT2D eigenvalue weighted by molar-refractivity contribution is 6.23. The van der Waals surface area contributed by atoms with Crippen LogP contribution in [0.2, 0.25) is 0 Å². The lowest BCUT2D eigenvalue weighted by molar-refractivity contribution is -0.123. The average Bonchev–Trinajstić information content (AvgIpc) is 3.36. The molecule has 0 spiro atoms. The van der Waals surface area contributed by atoms with E-state index in [1.54, 1.807) is 12.1 Å². The second-order valence-electron chi connectivity index (χ2n) is 7.62. The van der Waals surface area contributed by atoms with Gasteiger partial charge in [-0.2, -0.15) is 0 Å². The largest absolute Gasteiger partial charge is 0.478 e. The summed E-state index contributed by atoms with van der Waals surface area (Å²) < 4.78 is 5.33. The molecule has 27 heavy (non-hydrogen) atoms. The first kappa shape index (κ1) is 16.5. The van der Waals surface area contributed by atoms with Gasteiger partial charge >= 0.3 is 5.97 Å². The molecule has 2 saturated heterocycles. The molecule has 2 amide bonds. The molecule has 0 radical (unpaired) electrons. The molecule has 7 nitrogen and oxygen atoms in total. The Labute approximate surface area is 156 Å². The van der Waals surface area contributed by atoms with E-state index in [1.165, 1.54) is 11.0 Å². The molecule has 2 aliphatic carbocycles. The van der Waals surface area contributed by atoms with Crippen molar-refractivity contribution in [3.8, 4) is 0 Å². The molecular weight excluding hydrogens is 348 g/mol. The molecular formula is C20H20N2O5. The van der Waals surface area contributed by atoms with Crippen LogP contribution >= 0.6 is 0 Å². The third-order valence-electron chi connectivity index (χ3n) is 6.29. The van der Waals surface area contributed by atoms with Gasteiger partial charge in [-0.1, -0.05) is 12.2 Å². The van der Waals surface area contributed by atoms with Crippen molar-refractivity contribution in [3.63, 3.8) is 0 Å². The number of benzene rings is 1. The Balaban J connectivity index is 1.51. The molecule has 1 aromatic rings. The Morgan fingerprint density at radius 1 is 1.04 bits per heavy atom. The van der Waals surface area contributed by atoms with Gasteiger partial charge in [-0.3, -0.25) is 9.59 Å². The number of amides is 2. The molecule has 2 heterocycles. The van der Waals surface area contributed by atoms with Crippen LogP contribution in [0.15, 0.2) is 30.4 Å². The van der Waals surface area contributed by atoms with Crippen molar-refractivity contribution in [1.29, 1.82) is 0 Å². The number of carbonyl (C=O) groups is 3. The molecule has 0 aromatic heterocycles. The lowest BCUT2D eigenvalue weighted by Gasteiger charge is -2.30. The van der Waals surface area contributed by atoms with Gasteiger partial charge in [0, 0.05) is 13.1 Å². The van der Waals surface area contributed by atoms with Crippen LogP contribution in [0.4, 0.5) is 11.4 Å². The zero-order chi connectivity index (χ0) is 18.7. The van der Waals surface area contributed by atoms with Crippen molar-refractivity contribution < 1.29 is 24.2 Å². The van der Waals surface area contributed by atoms with Crippen LogP contribution in [-0.2, 0) is 14.3 Å². The second kappa shape index (κ2) is 5.92. The van der Waals surface area contributed by atoms with E-state index >= 15 is 0 Å². The molecule has 2 aliphatic heterocycles. The molecule has 1 N–H and O–H groups in total. The minimum Gasteiger partial charge on any atom is -0.478 e. The molecule has 2 bridgehead atoms. The zero-order valence-corrected chi connectivity index (χ0v) is 14.7. The van der Waals surface area contributed by atoms with Crippen molar-refractivity contribution in [3.05, 3.63) is 35.9 Å². The number of aromatic carboxylic acids is 1. The molecule has 5 rings (SSSR count). The number of rotatable bonds is 3. The van der Waals surface area contributed by atoms with Crippen molar-refractivity contribution in [1.82, 2.24) is 0 Å². The van der Waals surface area contributed by atoms with E-state index in [9.17, 15) is 19.5 Å². The van der Waals surface area contributed by atoms with Crippen molar-refractivity contribution in [2.45, 2.75) is 6.42 Å². The van der Waals surface area contributed by atoms with Gasteiger partial charge in [-0.25, -0.2) is 9.69 Å². The maximum Gasteiger partial charge on any atom is 0.337 e. The Kier molecular flexibility index (Phi) is 3.62. The molecule has 4 atom stereocenters. The maximum absolute atomic E-state index is 13.0. The number of imide groups is 1. The number of allylic oxidation sites excluding steroid dienone is 2. The summed E-state index contributed by atoms with van der Waals surface area (Å²) in [6, 6.07) is 4.84. The van der Waals surface area contributed by atoms with E-state index in [2.05, 4.69) is 0 Å². The lowest BCUT2D eigenvalue weighted by atomic mass is 9.85. The zero-order valence-electron chi connectivity index (χ0n) is 14.7. The summed E-state index contributed by atoms with van der Waals surface area (Å²) in [7, 11) is 0. The molecule has 1 saturated carbocycles. The number of carboxylic acid groups (broad SMARTS) is 1. The third kappa shape index (κ3) is 2.34. The first-order chi connectivity index (χ1) is 13.1. The summed E-state index contributed by atoms with van der Waals surface area (Å²) in [4.78, 5) is 40.9. The van der Waals surface area contributed by atoms with Crippen molar-refractivity contribution in [2.24, 2.45) is 23.7 Å². The topological polar surface area (TPSA) is 87.2 Å². The quantitative estimate of drug-likeness (QED) is 0.643. The number of nitrogens with zero attached hydrogens (tertiary/aromatic N) is 2. The fourth-order valence-corrected chi connectivity index (χ4v) is 5.07. The van der Waals surface area contributed by atoms with E-state index in [4.69, 9.17) is 4.74 Å². The van der Waals surface area contributed by atoms with Crippen LogP contribution in [0, 0.1) is 23.7 Å². The smallest absolute Gasteiger partial charge is 0.337 e. The van der Waals surface area contributed by atoms with Gasteiger partial charge in [0.1, 0.15) is 0 Å².